The van der Waals surface area contributed by atoms with Gasteiger partial charge in [-0.25, -0.2) is 0 Å². The van der Waals surface area contributed by atoms with Gasteiger partial charge >= 0.3 is 0 Å². The van der Waals surface area contributed by atoms with Gasteiger partial charge < -0.3 is 0 Å². The summed E-state index contributed by atoms with van der Waals surface area (Å²) >= 11 is 0. The van der Waals surface area contributed by atoms with Gasteiger partial charge in [-0.15, -0.1) is 0 Å². The van der Waals surface area contributed by atoms with Gasteiger partial charge in [-0.3, -0.25) is 4.68 Å². The van der Waals surface area contributed by atoms with Gasteiger partial charge in [-0.1, -0.05) is 13.8 Å². The van der Waals surface area contributed by atoms with Crippen molar-refractivity contribution in [2.45, 2.75) is 33.2 Å². The number of nitrogens with zero attached hydrogens (tertiary/aromatic N) is 2. The van der Waals surface area contributed by atoms with Crippen LogP contribution in [0.4, 0.5) is 0 Å². The monoisotopic (exact) mass is 138 g/mol. The lowest BCUT2D eigenvalue weighted by atomic mass is 10.3. The Labute approximate surface area is 61.9 Å². The van der Waals surface area contributed by atoms with Crippen LogP contribution >= 0.6 is 0 Å². The zero-order chi connectivity index (χ0) is 7.40. The molecule has 1 aromatic heterocycles. The maximum atomic E-state index is 4.11. The highest BCUT2D eigenvalue weighted by molar-refractivity contribution is 5.03. The molecule has 0 unspecified atom stereocenters. The largest absolute Gasteiger partial charge is 0.270 e. The van der Waals surface area contributed by atoms with E-state index >= 15 is 0 Å². The van der Waals surface area contributed by atoms with Crippen LogP contribution in [0.25, 0.3) is 0 Å². The third-order valence-corrected chi connectivity index (χ3v) is 1.61. The van der Waals surface area contributed by atoms with Crippen molar-refractivity contribution < 1.29 is 0 Å². The van der Waals surface area contributed by atoms with Gasteiger partial charge in [-0.2, -0.15) is 5.10 Å². The molecule has 0 aromatic carbocycles. The molecule has 0 saturated heterocycles. The molecule has 1 aliphatic rings. The first-order valence-corrected chi connectivity index (χ1v) is 3.97. The Morgan fingerprint density at radius 1 is 1.50 bits per heavy atom. The lowest BCUT2D eigenvalue weighted by Gasteiger charge is -1.87. The van der Waals surface area contributed by atoms with Crippen LogP contribution in [-0.2, 0) is 13.0 Å². The number of aromatic nitrogens is 2. The normalized spacial score (nSPS) is 13.8. The fourth-order valence-corrected chi connectivity index (χ4v) is 1.18. The highest BCUT2D eigenvalue weighted by Crippen LogP contribution is 2.10. The molecule has 0 amide bonds. The fourth-order valence-electron chi connectivity index (χ4n) is 1.18. The molecule has 1 aliphatic heterocycles. The van der Waals surface area contributed by atoms with Gasteiger partial charge in [0.25, 0.3) is 0 Å². The lowest BCUT2D eigenvalue weighted by molar-refractivity contribution is 0.656. The summed E-state index contributed by atoms with van der Waals surface area (Å²) in [5.74, 6) is 0. The topological polar surface area (TPSA) is 17.8 Å². The second kappa shape index (κ2) is 3.40. The molecular weight excluding hydrogens is 124 g/mol. The van der Waals surface area contributed by atoms with E-state index in [1.54, 1.807) is 0 Å². The van der Waals surface area contributed by atoms with Gasteiger partial charge in [0.2, 0.25) is 0 Å². The first-order valence-electron chi connectivity index (χ1n) is 3.97. The Morgan fingerprint density at radius 3 is 3.00 bits per heavy atom. The van der Waals surface area contributed by atoms with Crippen LogP contribution in [0.15, 0.2) is 12.3 Å². The van der Waals surface area contributed by atoms with E-state index in [1.165, 1.54) is 18.5 Å². The van der Waals surface area contributed by atoms with Crippen molar-refractivity contribution in [3.8, 4) is 0 Å². The summed E-state index contributed by atoms with van der Waals surface area (Å²) in [5, 5.41) is 4.11. The third-order valence-electron chi connectivity index (χ3n) is 1.61. The minimum atomic E-state index is 1.13. The van der Waals surface area contributed by atoms with E-state index in [9.17, 15) is 0 Å². The molecular formula is C8H14N2. The summed E-state index contributed by atoms with van der Waals surface area (Å²) in [6.45, 7) is 5.13. The van der Waals surface area contributed by atoms with Crippen LogP contribution in [0.5, 0.6) is 0 Å². The van der Waals surface area contributed by atoms with Crippen LogP contribution < -0.4 is 0 Å². The first kappa shape index (κ1) is 7.32. The molecule has 1 aromatic rings. The standard InChI is InChI=1S/C6H8N2.C2H6/c1-2-6-3-4-7-8(6)5-1;1-2/h3-4H,1-2,5H2;1-2H3. The van der Waals surface area contributed by atoms with Crippen molar-refractivity contribution in [2.24, 2.45) is 0 Å². The number of fused-ring (bicyclic) bond motifs is 1. The number of hydrogen-bond donors (Lipinski definition) is 0. The van der Waals surface area contributed by atoms with E-state index in [0.29, 0.717) is 0 Å². The maximum Gasteiger partial charge on any atom is 0.0492 e. The zero-order valence-electron chi connectivity index (χ0n) is 6.67. The maximum absolute atomic E-state index is 4.11. The first-order chi connectivity index (χ1) is 4.97. The van der Waals surface area contributed by atoms with Crippen LogP contribution in [0, 0.1) is 0 Å². The number of hydrogen-bond acceptors (Lipinski definition) is 1. The predicted molar refractivity (Wildman–Crippen MR) is 41.9 cm³/mol. The number of rotatable bonds is 0. The Balaban J connectivity index is 0.000000231. The van der Waals surface area contributed by atoms with Crippen molar-refractivity contribution >= 4 is 0 Å². The van der Waals surface area contributed by atoms with E-state index in [-0.39, 0.29) is 0 Å². The molecule has 0 fully saturated rings. The summed E-state index contributed by atoms with van der Waals surface area (Å²) in [6.07, 6.45) is 4.37. The molecule has 56 valence electrons. The highest BCUT2D eigenvalue weighted by Gasteiger charge is 2.07. The number of aryl methyl sites for hydroxylation is 2. The zero-order valence-corrected chi connectivity index (χ0v) is 6.67. The van der Waals surface area contributed by atoms with Crippen molar-refractivity contribution in [1.29, 1.82) is 0 Å². The van der Waals surface area contributed by atoms with Crippen LogP contribution in [0.3, 0.4) is 0 Å². The molecule has 10 heavy (non-hydrogen) atoms. The van der Waals surface area contributed by atoms with E-state index in [0.717, 1.165) is 6.54 Å². The van der Waals surface area contributed by atoms with E-state index in [4.69, 9.17) is 0 Å². The molecule has 0 aliphatic carbocycles. The summed E-state index contributed by atoms with van der Waals surface area (Å²) in [7, 11) is 0. The van der Waals surface area contributed by atoms with Crippen LogP contribution in [0.1, 0.15) is 26.0 Å². The van der Waals surface area contributed by atoms with Crippen molar-refractivity contribution in [3.05, 3.63) is 18.0 Å². The minimum absolute atomic E-state index is 1.13. The van der Waals surface area contributed by atoms with Crippen molar-refractivity contribution in [3.63, 3.8) is 0 Å². The molecule has 0 spiro atoms. The summed E-state index contributed by atoms with van der Waals surface area (Å²) in [5.41, 5.74) is 1.39. The minimum Gasteiger partial charge on any atom is -0.270 e. The average Bonchev–Trinajstić information content (AvgIpc) is 2.49. The summed E-state index contributed by atoms with van der Waals surface area (Å²) in [4.78, 5) is 0. The molecule has 0 radical (unpaired) electrons. The SMILES string of the molecule is CC.c1cc2n(n1)CCC2. The van der Waals surface area contributed by atoms with Crippen LogP contribution in [-0.4, -0.2) is 9.78 Å². The molecule has 0 N–H and O–H groups in total. The van der Waals surface area contributed by atoms with Gasteiger partial charge in [0.05, 0.1) is 0 Å². The van der Waals surface area contributed by atoms with Gasteiger partial charge in [0.1, 0.15) is 0 Å². The second-order valence-corrected chi connectivity index (χ2v) is 2.15. The Morgan fingerprint density at radius 2 is 2.30 bits per heavy atom. The average molecular weight is 138 g/mol. The fraction of sp³-hybridized carbons (Fsp3) is 0.625. The lowest BCUT2D eigenvalue weighted by Crippen LogP contribution is -1.92. The Hall–Kier alpha value is -0.790. The smallest absolute Gasteiger partial charge is 0.0492 e. The molecule has 0 saturated carbocycles. The summed E-state index contributed by atoms with van der Waals surface area (Å²) < 4.78 is 2.07. The molecule has 0 atom stereocenters. The molecule has 0 bridgehead atoms. The van der Waals surface area contributed by atoms with Crippen molar-refractivity contribution in [2.75, 3.05) is 0 Å². The van der Waals surface area contributed by atoms with Gasteiger partial charge in [0, 0.05) is 18.4 Å². The van der Waals surface area contributed by atoms with Gasteiger partial charge in [-0.05, 0) is 18.9 Å². The molecule has 2 heterocycles. The molecule has 2 rings (SSSR count). The highest BCUT2D eigenvalue weighted by atomic mass is 15.3. The van der Waals surface area contributed by atoms with E-state index in [2.05, 4.69) is 15.8 Å². The predicted octanol–water partition coefficient (Wildman–Crippen LogP) is 1.86. The second-order valence-electron chi connectivity index (χ2n) is 2.15. The molecule has 2 nitrogen and oxygen atoms in total. The van der Waals surface area contributed by atoms with E-state index < -0.39 is 0 Å². The molecule has 2 heteroatoms. The quantitative estimate of drug-likeness (QED) is 0.535. The van der Waals surface area contributed by atoms with E-state index in [1.807, 2.05) is 20.0 Å². The Bertz CT molecular complexity index is 172. The third kappa shape index (κ3) is 1.20. The van der Waals surface area contributed by atoms with Crippen LogP contribution in [0.2, 0.25) is 0 Å². The van der Waals surface area contributed by atoms with Gasteiger partial charge in [0.15, 0.2) is 0 Å². The summed E-state index contributed by atoms with van der Waals surface area (Å²) in [6, 6.07) is 2.09. The van der Waals surface area contributed by atoms with Crippen molar-refractivity contribution in [1.82, 2.24) is 9.78 Å². The Kier molecular flexibility index (Phi) is 2.49.